The Hall–Kier alpha value is -4.02. The molecule has 1 saturated heterocycles. The van der Waals surface area contributed by atoms with Crippen LogP contribution in [0.1, 0.15) is 66.8 Å². The predicted octanol–water partition coefficient (Wildman–Crippen LogP) is 5.94. The number of halogens is 3. The summed E-state index contributed by atoms with van der Waals surface area (Å²) in [5.41, 5.74) is -0.0700. The maximum atomic E-state index is 13.6. The van der Waals surface area contributed by atoms with Gasteiger partial charge in [-0.3, -0.25) is 4.79 Å². The number of carbonyl (C=O) groups excluding carboxylic acids is 2. The van der Waals surface area contributed by atoms with E-state index in [0.717, 1.165) is 16.3 Å². The van der Waals surface area contributed by atoms with Crippen LogP contribution in [0.5, 0.6) is 5.75 Å². The molecule has 0 unspecified atom stereocenters. The highest BCUT2D eigenvalue weighted by molar-refractivity contribution is 5.93. The fraction of sp³-hybridized carbons (Fsp3) is 0.414. The first kappa shape index (κ1) is 29.0. The largest absolute Gasteiger partial charge is 0.496 e. The molecule has 1 N–H and O–H groups in total. The minimum Gasteiger partial charge on any atom is -0.496 e. The second-order valence-corrected chi connectivity index (χ2v) is 10.7. The number of amides is 2. The van der Waals surface area contributed by atoms with Crippen molar-refractivity contribution in [2.75, 3.05) is 20.2 Å². The molecular weight excluding hydrogens is 525 g/mol. The lowest BCUT2D eigenvalue weighted by Gasteiger charge is -2.33. The van der Waals surface area contributed by atoms with E-state index in [0.29, 0.717) is 42.9 Å². The number of aromatic nitrogens is 2. The number of piperidine rings is 1. The molecule has 0 bridgehead atoms. The monoisotopic (exact) mass is 558 g/mol. The molecule has 214 valence electrons. The topological polar surface area (TPSA) is 85.7 Å². The summed E-state index contributed by atoms with van der Waals surface area (Å²) in [6.45, 7) is 6.51. The van der Waals surface area contributed by atoms with Crippen molar-refractivity contribution in [1.82, 2.24) is 20.0 Å². The van der Waals surface area contributed by atoms with E-state index in [1.54, 1.807) is 47.4 Å². The molecule has 4 rings (SSSR count). The number of rotatable bonds is 6. The molecule has 0 radical (unpaired) electrons. The first-order chi connectivity index (χ1) is 18.9. The van der Waals surface area contributed by atoms with Crippen molar-refractivity contribution >= 4 is 12.0 Å². The van der Waals surface area contributed by atoms with E-state index in [-0.39, 0.29) is 24.2 Å². The van der Waals surface area contributed by atoms with Gasteiger partial charge in [0, 0.05) is 31.3 Å². The molecular formula is C29H33F3N4O4. The SMILES string of the molecule is COc1ccccc1CNC(=O)c1cc(C(F)(F)F)nn1-c1cccc(C2CCN(C(=O)OC(C)(C)C)CC2)c1. The van der Waals surface area contributed by atoms with Gasteiger partial charge in [0.15, 0.2) is 5.69 Å². The molecule has 1 fully saturated rings. The van der Waals surface area contributed by atoms with Gasteiger partial charge in [-0.25, -0.2) is 9.48 Å². The van der Waals surface area contributed by atoms with Gasteiger partial charge in [-0.2, -0.15) is 18.3 Å². The Kier molecular flexibility index (Phi) is 8.41. The van der Waals surface area contributed by atoms with Gasteiger partial charge >= 0.3 is 12.3 Å². The molecule has 2 aromatic carbocycles. The summed E-state index contributed by atoms with van der Waals surface area (Å²) in [6.07, 6.45) is -3.75. The van der Waals surface area contributed by atoms with Crippen molar-refractivity contribution in [3.8, 4) is 11.4 Å². The van der Waals surface area contributed by atoms with E-state index < -0.39 is 23.4 Å². The lowest BCUT2D eigenvalue weighted by atomic mass is 9.89. The van der Waals surface area contributed by atoms with Gasteiger partial charge in [0.25, 0.3) is 5.91 Å². The lowest BCUT2D eigenvalue weighted by molar-refractivity contribution is -0.141. The third kappa shape index (κ3) is 6.94. The van der Waals surface area contributed by atoms with Crippen molar-refractivity contribution in [2.45, 2.75) is 57.9 Å². The van der Waals surface area contributed by atoms with Crippen molar-refractivity contribution in [2.24, 2.45) is 0 Å². The number of carbonyl (C=O) groups is 2. The van der Waals surface area contributed by atoms with E-state index in [1.807, 2.05) is 26.8 Å². The molecule has 1 aliphatic heterocycles. The number of nitrogens with one attached hydrogen (secondary N) is 1. The van der Waals surface area contributed by atoms with Crippen molar-refractivity contribution < 1.29 is 32.2 Å². The van der Waals surface area contributed by atoms with Crippen LogP contribution in [0.2, 0.25) is 0 Å². The summed E-state index contributed by atoms with van der Waals surface area (Å²) in [5, 5.41) is 6.43. The van der Waals surface area contributed by atoms with Crippen molar-refractivity contribution in [3.05, 3.63) is 77.1 Å². The van der Waals surface area contributed by atoms with Crippen LogP contribution in [0.25, 0.3) is 5.69 Å². The Morgan fingerprint density at radius 1 is 1.02 bits per heavy atom. The highest BCUT2D eigenvalue weighted by atomic mass is 19.4. The van der Waals surface area contributed by atoms with Gasteiger partial charge in [-0.1, -0.05) is 30.3 Å². The molecule has 2 heterocycles. The highest BCUT2D eigenvalue weighted by Gasteiger charge is 2.36. The minimum absolute atomic E-state index is 0.0612. The van der Waals surface area contributed by atoms with Crippen LogP contribution in [0.4, 0.5) is 18.0 Å². The number of benzene rings is 2. The third-order valence-corrected chi connectivity index (χ3v) is 6.60. The number of methoxy groups -OCH3 is 1. The van der Waals surface area contributed by atoms with Crippen molar-refractivity contribution in [3.63, 3.8) is 0 Å². The van der Waals surface area contributed by atoms with Gasteiger partial charge < -0.3 is 19.7 Å². The number of alkyl halides is 3. The van der Waals surface area contributed by atoms with Gasteiger partial charge in [0.1, 0.15) is 17.0 Å². The maximum absolute atomic E-state index is 13.6. The second-order valence-electron chi connectivity index (χ2n) is 10.7. The van der Waals surface area contributed by atoms with Gasteiger partial charge in [-0.15, -0.1) is 0 Å². The Labute approximate surface area is 231 Å². The quantitative estimate of drug-likeness (QED) is 0.405. The van der Waals surface area contributed by atoms with Crippen LogP contribution in [0.15, 0.2) is 54.6 Å². The molecule has 2 amide bonds. The minimum atomic E-state index is -4.73. The molecule has 0 saturated carbocycles. The second kappa shape index (κ2) is 11.6. The highest BCUT2D eigenvalue weighted by Crippen LogP contribution is 2.32. The molecule has 1 aromatic heterocycles. The first-order valence-corrected chi connectivity index (χ1v) is 13.0. The van der Waals surface area contributed by atoms with E-state index in [9.17, 15) is 22.8 Å². The molecule has 0 spiro atoms. The molecule has 0 atom stereocenters. The zero-order valence-electron chi connectivity index (χ0n) is 22.9. The van der Waals surface area contributed by atoms with Gasteiger partial charge in [0.2, 0.25) is 0 Å². The fourth-order valence-electron chi connectivity index (χ4n) is 4.63. The molecule has 8 nitrogen and oxygen atoms in total. The molecule has 0 aliphatic carbocycles. The van der Waals surface area contributed by atoms with E-state index in [1.165, 1.54) is 7.11 Å². The Balaban J connectivity index is 1.54. The molecule has 1 aliphatic rings. The number of para-hydroxylation sites is 1. The van der Waals surface area contributed by atoms with E-state index in [2.05, 4.69) is 10.4 Å². The van der Waals surface area contributed by atoms with Gasteiger partial charge in [0.05, 0.1) is 12.8 Å². The van der Waals surface area contributed by atoms with Crippen LogP contribution in [0, 0.1) is 0 Å². The fourth-order valence-corrected chi connectivity index (χ4v) is 4.63. The molecule has 3 aromatic rings. The van der Waals surface area contributed by atoms with E-state index in [4.69, 9.17) is 9.47 Å². The van der Waals surface area contributed by atoms with Crippen LogP contribution in [-0.2, 0) is 17.5 Å². The van der Waals surface area contributed by atoms with Crippen LogP contribution in [-0.4, -0.2) is 52.5 Å². The van der Waals surface area contributed by atoms with Crippen molar-refractivity contribution in [1.29, 1.82) is 0 Å². The van der Waals surface area contributed by atoms with E-state index >= 15 is 0 Å². The molecule has 40 heavy (non-hydrogen) atoms. The lowest BCUT2D eigenvalue weighted by Crippen LogP contribution is -2.41. The summed E-state index contributed by atoms with van der Waals surface area (Å²) in [4.78, 5) is 27.2. The Morgan fingerprint density at radius 3 is 2.38 bits per heavy atom. The van der Waals surface area contributed by atoms with Crippen LogP contribution >= 0.6 is 0 Å². The van der Waals surface area contributed by atoms with Gasteiger partial charge in [-0.05, 0) is 63.3 Å². The van der Waals surface area contributed by atoms with Crippen LogP contribution in [0.3, 0.4) is 0 Å². The number of likely N-dealkylation sites (tertiary alicyclic amines) is 1. The predicted molar refractivity (Wildman–Crippen MR) is 143 cm³/mol. The smallest absolute Gasteiger partial charge is 0.435 e. The summed E-state index contributed by atoms with van der Waals surface area (Å²) in [5.74, 6) is -0.0678. The number of ether oxygens (including phenoxy) is 2. The average molecular weight is 559 g/mol. The number of nitrogens with zero attached hydrogens (tertiary/aromatic N) is 3. The summed E-state index contributed by atoms with van der Waals surface area (Å²) >= 11 is 0. The zero-order valence-corrected chi connectivity index (χ0v) is 22.9. The first-order valence-electron chi connectivity index (χ1n) is 13.0. The average Bonchev–Trinajstić information content (AvgIpc) is 3.38. The summed E-state index contributed by atoms with van der Waals surface area (Å²) < 4.78 is 52.6. The maximum Gasteiger partial charge on any atom is 0.435 e. The Morgan fingerprint density at radius 2 is 1.73 bits per heavy atom. The summed E-state index contributed by atoms with van der Waals surface area (Å²) in [6, 6.07) is 14.8. The Bertz CT molecular complexity index is 1360. The molecule has 11 heteroatoms. The normalized spacial score (nSPS) is 14.6. The summed E-state index contributed by atoms with van der Waals surface area (Å²) in [7, 11) is 1.50. The number of hydrogen-bond acceptors (Lipinski definition) is 5. The third-order valence-electron chi connectivity index (χ3n) is 6.60. The zero-order chi connectivity index (χ0) is 29.1. The van der Waals surface area contributed by atoms with Crippen LogP contribution < -0.4 is 10.1 Å². The standard InChI is InChI=1S/C29H33F3N4O4/c1-28(2,3)40-27(38)35-14-12-19(13-15-35)20-9-7-10-22(16-20)36-23(17-25(34-36)29(30,31)32)26(37)33-18-21-8-5-6-11-24(21)39-4/h5-11,16-17,19H,12-15,18H2,1-4H3,(H,33,37). The number of hydrogen-bond donors (Lipinski definition) is 1.